The molecule has 0 atom stereocenters. The molecule has 0 heterocycles. The summed E-state index contributed by atoms with van der Waals surface area (Å²) < 4.78 is 9.31. The molecule has 5 heteroatoms. The minimum atomic E-state index is -0.589. The molecule has 0 aromatic rings. The maximum absolute atomic E-state index is 10.9. The maximum atomic E-state index is 10.9. The molecule has 0 aliphatic heterocycles. The summed E-state index contributed by atoms with van der Waals surface area (Å²) >= 11 is 0. The number of unbranched alkanes of at least 4 members (excludes halogenated alkanes) is 1. The Labute approximate surface area is 89.5 Å². The van der Waals surface area contributed by atoms with Gasteiger partial charge in [-0.25, -0.2) is 4.79 Å². The number of hydrogen-bond donors (Lipinski definition) is 0. The van der Waals surface area contributed by atoms with Crippen LogP contribution in [-0.2, 0) is 14.3 Å². The quantitative estimate of drug-likeness (QED) is 0.386. The Morgan fingerprint density at radius 3 is 2.47 bits per heavy atom. The molecule has 0 aromatic carbocycles. The van der Waals surface area contributed by atoms with E-state index in [0.29, 0.717) is 32.5 Å². The number of amides is 1. The van der Waals surface area contributed by atoms with Crippen LogP contribution in [0.1, 0.15) is 33.1 Å². The molecule has 0 aliphatic rings. The Morgan fingerprint density at radius 2 is 1.87 bits per heavy atom. The van der Waals surface area contributed by atoms with Crippen LogP contribution in [0.15, 0.2) is 4.99 Å². The lowest BCUT2D eigenvalue weighted by Crippen LogP contribution is -2.03. The first-order valence-electron chi connectivity index (χ1n) is 5.05. The van der Waals surface area contributed by atoms with Gasteiger partial charge in [0.25, 0.3) is 0 Å². The third-order valence-electron chi connectivity index (χ3n) is 1.48. The average Bonchev–Trinajstić information content (AvgIpc) is 2.18. The normalized spacial score (nSPS) is 10.3. The predicted octanol–water partition coefficient (Wildman–Crippen LogP) is 1.95. The van der Waals surface area contributed by atoms with Gasteiger partial charge in [0.1, 0.15) is 0 Å². The van der Waals surface area contributed by atoms with Gasteiger partial charge in [0, 0.05) is 12.6 Å². The molecule has 0 aromatic heterocycles. The summed E-state index contributed by atoms with van der Waals surface area (Å²) in [4.78, 5) is 25.1. The maximum Gasteiger partial charge on any atom is 0.433 e. The monoisotopic (exact) mass is 215 g/mol. The first kappa shape index (κ1) is 13.6. The van der Waals surface area contributed by atoms with Crippen molar-refractivity contribution in [1.29, 1.82) is 0 Å². The molecule has 5 nitrogen and oxygen atoms in total. The van der Waals surface area contributed by atoms with Crippen molar-refractivity contribution in [2.45, 2.75) is 33.1 Å². The first-order valence-corrected chi connectivity index (χ1v) is 5.05. The van der Waals surface area contributed by atoms with Crippen LogP contribution in [0, 0.1) is 0 Å². The van der Waals surface area contributed by atoms with Crippen LogP contribution < -0.4 is 0 Å². The highest BCUT2D eigenvalue weighted by molar-refractivity contribution is 5.79. The minimum Gasteiger partial charge on any atom is -0.466 e. The van der Waals surface area contributed by atoms with E-state index in [-0.39, 0.29) is 5.97 Å². The molecule has 1 amide bonds. The highest BCUT2D eigenvalue weighted by Crippen LogP contribution is 1.96. The van der Waals surface area contributed by atoms with Gasteiger partial charge >= 0.3 is 12.1 Å². The molecule has 0 bridgehead atoms. The molecule has 0 unspecified atom stereocenters. The summed E-state index contributed by atoms with van der Waals surface area (Å²) in [6.07, 6.45) is 2.41. The second-order valence-corrected chi connectivity index (χ2v) is 2.71. The third-order valence-corrected chi connectivity index (χ3v) is 1.48. The van der Waals surface area contributed by atoms with Gasteiger partial charge in [-0.2, -0.15) is 4.99 Å². The number of hydrogen-bond acceptors (Lipinski definition) is 4. The van der Waals surface area contributed by atoms with Gasteiger partial charge in [0.05, 0.1) is 13.2 Å². The van der Waals surface area contributed by atoms with Crippen LogP contribution in [0.5, 0.6) is 0 Å². The van der Waals surface area contributed by atoms with E-state index in [4.69, 9.17) is 4.74 Å². The second-order valence-electron chi connectivity index (χ2n) is 2.71. The van der Waals surface area contributed by atoms with Crippen LogP contribution in [-0.4, -0.2) is 31.5 Å². The number of nitrogens with zero attached hydrogens (tertiary/aromatic N) is 1. The summed E-state index contributed by atoms with van der Waals surface area (Å²) in [6, 6.07) is 0. The Morgan fingerprint density at radius 1 is 1.20 bits per heavy atom. The largest absolute Gasteiger partial charge is 0.466 e. The van der Waals surface area contributed by atoms with Crippen LogP contribution in [0.3, 0.4) is 0 Å². The molecule has 0 N–H and O–H groups in total. The number of carbonyl (C=O) groups excluding carboxylic acids is 2. The van der Waals surface area contributed by atoms with Crippen molar-refractivity contribution in [3.8, 4) is 0 Å². The van der Waals surface area contributed by atoms with Crippen LogP contribution >= 0.6 is 0 Å². The summed E-state index contributed by atoms with van der Waals surface area (Å²) in [7, 11) is 0. The van der Waals surface area contributed by atoms with Gasteiger partial charge in [-0.15, -0.1) is 0 Å². The zero-order chi connectivity index (χ0) is 11.5. The van der Waals surface area contributed by atoms with E-state index < -0.39 is 6.09 Å². The van der Waals surface area contributed by atoms with Crippen molar-refractivity contribution < 1.29 is 19.1 Å². The number of esters is 1. The number of rotatable bonds is 6. The smallest absolute Gasteiger partial charge is 0.433 e. The van der Waals surface area contributed by atoms with Gasteiger partial charge in [-0.3, -0.25) is 4.79 Å². The van der Waals surface area contributed by atoms with Gasteiger partial charge in [0.2, 0.25) is 0 Å². The first-order chi connectivity index (χ1) is 7.20. The fraction of sp³-hybridized carbons (Fsp3) is 0.700. The van der Waals surface area contributed by atoms with E-state index in [1.54, 1.807) is 13.8 Å². The molecular weight excluding hydrogens is 198 g/mol. The second kappa shape index (κ2) is 9.18. The average molecular weight is 215 g/mol. The van der Waals surface area contributed by atoms with Crippen molar-refractivity contribution in [3.63, 3.8) is 0 Å². The van der Waals surface area contributed by atoms with Gasteiger partial charge in [-0.1, -0.05) is 0 Å². The van der Waals surface area contributed by atoms with E-state index in [0.717, 1.165) is 0 Å². The van der Waals surface area contributed by atoms with E-state index in [9.17, 15) is 9.59 Å². The fourth-order valence-corrected chi connectivity index (χ4v) is 0.871. The molecule has 86 valence electrons. The Bertz CT molecular complexity index is 225. The minimum absolute atomic E-state index is 0.220. The van der Waals surface area contributed by atoms with Crippen LogP contribution in [0.25, 0.3) is 0 Å². The zero-order valence-corrected chi connectivity index (χ0v) is 9.19. The predicted molar refractivity (Wildman–Crippen MR) is 56.0 cm³/mol. The van der Waals surface area contributed by atoms with Gasteiger partial charge in [-0.05, 0) is 26.7 Å². The summed E-state index contributed by atoms with van der Waals surface area (Å²) in [5.74, 6) is -0.220. The van der Waals surface area contributed by atoms with E-state index in [1.807, 2.05) is 0 Å². The van der Waals surface area contributed by atoms with E-state index in [1.165, 1.54) is 6.21 Å². The SMILES string of the molecule is CCOC(=O)CCCC=NC(=O)OCC. The summed E-state index contributed by atoms with van der Waals surface area (Å²) in [5.41, 5.74) is 0. The molecule has 0 rings (SSSR count). The summed E-state index contributed by atoms with van der Waals surface area (Å²) in [6.45, 7) is 4.20. The lowest BCUT2D eigenvalue weighted by atomic mass is 10.2. The molecule has 0 fully saturated rings. The molecule has 0 saturated carbocycles. The third kappa shape index (κ3) is 8.93. The zero-order valence-electron chi connectivity index (χ0n) is 9.19. The van der Waals surface area contributed by atoms with Crippen molar-refractivity contribution >= 4 is 18.3 Å². The number of ether oxygens (including phenoxy) is 2. The van der Waals surface area contributed by atoms with Crippen molar-refractivity contribution in [2.75, 3.05) is 13.2 Å². The standard InChI is InChI=1S/C10H17NO4/c1-3-14-9(12)7-5-6-8-11-10(13)15-4-2/h8H,3-7H2,1-2H3. The van der Waals surface area contributed by atoms with Gasteiger partial charge < -0.3 is 9.47 Å². The van der Waals surface area contributed by atoms with Crippen molar-refractivity contribution in [2.24, 2.45) is 4.99 Å². The van der Waals surface area contributed by atoms with Crippen molar-refractivity contribution in [3.05, 3.63) is 0 Å². The molecule has 0 saturated heterocycles. The lowest BCUT2D eigenvalue weighted by molar-refractivity contribution is -0.143. The Kier molecular flexibility index (Phi) is 8.33. The number of carbonyl (C=O) groups is 2. The molecular formula is C10H17NO4. The van der Waals surface area contributed by atoms with Crippen LogP contribution in [0.2, 0.25) is 0 Å². The highest BCUT2D eigenvalue weighted by atomic mass is 16.5. The molecule has 0 aliphatic carbocycles. The number of aliphatic imine (C=N–C) groups is 1. The van der Waals surface area contributed by atoms with E-state index >= 15 is 0 Å². The highest BCUT2D eigenvalue weighted by Gasteiger charge is 1.99. The summed E-state index contributed by atoms with van der Waals surface area (Å²) in [5, 5.41) is 0. The Hall–Kier alpha value is -1.39. The van der Waals surface area contributed by atoms with Gasteiger partial charge in [0.15, 0.2) is 0 Å². The lowest BCUT2D eigenvalue weighted by Gasteiger charge is -1.98. The Balaban J connectivity index is 3.45. The fourth-order valence-electron chi connectivity index (χ4n) is 0.871. The molecule has 0 spiro atoms. The topological polar surface area (TPSA) is 65.0 Å². The molecule has 0 radical (unpaired) electrons. The van der Waals surface area contributed by atoms with Crippen molar-refractivity contribution in [1.82, 2.24) is 0 Å². The van der Waals surface area contributed by atoms with Crippen LogP contribution in [0.4, 0.5) is 4.79 Å². The van der Waals surface area contributed by atoms with E-state index in [2.05, 4.69) is 9.73 Å². The molecule has 15 heavy (non-hydrogen) atoms.